The van der Waals surface area contributed by atoms with Crippen molar-refractivity contribution in [3.05, 3.63) is 45.2 Å². The zero-order chi connectivity index (χ0) is 17.9. The molecule has 0 atom stereocenters. The van der Waals surface area contributed by atoms with Gasteiger partial charge in [0.1, 0.15) is 0 Å². The number of benzene rings is 1. The number of amides is 1. The highest BCUT2D eigenvalue weighted by molar-refractivity contribution is 7.89. The molecular formula is C15H18ClN3O3S2. The Morgan fingerprint density at radius 2 is 2.00 bits per heavy atom. The average molecular weight is 388 g/mol. The first-order valence-corrected chi connectivity index (χ1v) is 9.99. The number of aromatic nitrogens is 1. The van der Waals surface area contributed by atoms with Gasteiger partial charge in [0.15, 0.2) is 4.80 Å². The van der Waals surface area contributed by atoms with E-state index in [-0.39, 0.29) is 15.5 Å². The van der Waals surface area contributed by atoms with E-state index in [1.807, 2.05) is 0 Å². The lowest BCUT2D eigenvalue weighted by Crippen LogP contribution is -2.30. The smallest absolute Gasteiger partial charge is 0.281 e. The van der Waals surface area contributed by atoms with Crippen LogP contribution in [0.1, 0.15) is 24.2 Å². The van der Waals surface area contributed by atoms with Gasteiger partial charge in [0, 0.05) is 31.7 Å². The lowest BCUT2D eigenvalue weighted by atomic mass is 10.2. The van der Waals surface area contributed by atoms with Gasteiger partial charge < -0.3 is 4.57 Å². The minimum absolute atomic E-state index is 0.0321. The second-order valence-corrected chi connectivity index (χ2v) is 8.16. The highest BCUT2D eigenvalue weighted by Crippen LogP contribution is 2.23. The maximum Gasteiger partial charge on any atom is 0.281 e. The Morgan fingerprint density at radius 3 is 2.54 bits per heavy atom. The second kappa shape index (κ2) is 7.60. The van der Waals surface area contributed by atoms with Gasteiger partial charge in [-0.05, 0) is 18.2 Å². The zero-order valence-electron chi connectivity index (χ0n) is 13.6. The molecule has 0 fully saturated rings. The predicted octanol–water partition coefficient (Wildman–Crippen LogP) is 2.51. The molecule has 1 aromatic carbocycles. The van der Waals surface area contributed by atoms with E-state index in [0.717, 1.165) is 0 Å². The minimum Gasteiger partial charge on any atom is -0.327 e. The third-order valence-electron chi connectivity index (χ3n) is 3.47. The standard InChI is InChI=1S/C15H18ClN3O3S2/c1-4-19(5-2)24(21,22)11-6-7-13(16)12(10-11)14(20)17-15-18(3)8-9-23-15/h6-10H,4-5H2,1-3H3. The van der Waals surface area contributed by atoms with Crippen molar-refractivity contribution in [1.82, 2.24) is 8.87 Å². The molecule has 2 aromatic rings. The van der Waals surface area contributed by atoms with Gasteiger partial charge in [0.25, 0.3) is 5.91 Å². The lowest BCUT2D eigenvalue weighted by Gasteiger charge is -2.18. The van der Waals surface area contributed by atoms with Crippen LogP contribution in [0.2, 0.25) is 5.02 Å². The van der Waals surface area contributed by atoms with E-state index < -0.39 is 15.9 Å². The van der Waals surface area contributed by atoms with Crippen molar-refractivity contribution in [2.75, 3.05) is 13.1 Å². The maximum atomic E-state index is 12.6. The van der Waals surface area contributed by atoms with Crippen LogP contribution in [0.3, 0.4) is 0 Å². The van der Waals surface area contributed by atoms with E-state index in [4.69, 9.17) is 11.6 Å². The molecule has 0 saturated carbocycles. The Labute approximate surface area is 150 Å². The Bertz CT molecular complexity index is 912. The number of nitrogens with zero attached hydrogens (tertiary/aromatic N) is 3. The molecule has 24 heavy (non-hydrogen) atoms. The highest BCUT2D eigenvalue weighted by Gasteiger charge is 2.23. The van der Waals surface area contributed by atoms with Crippen molar-refractivity contribution in [3.63, 3.8) is 0 Å². The van der Waals surface area contributed by atoms with Crippen LogP contribution >= 0.6 is 22.9 Å². The molecule has 0 aliphatic rings. The number of thiazole rings is 1. The zero-order valence-corrected chi connectivity index (χ0v) is 16.0. The molecule has 1 amide bonds. The van der Waals surface area contributed by atoms with E-state index in [9.17, 15) is 13.2 Å². The van der Waals surface area contributed by atoms with Crippen LogP contribution in [0.4, 0.5) is 0 Å². The second-order valence-electron chi connectivity index (χ2n) is 4.94. The average Bonchev–Trinajstić information content (AvgIpc) is 2.93. The topological polar surface area (TPSA) is 71.7 Å². The summed E-state index contributed by atoms with van der Waals surface area (Å²) in [4.78, 5) is 17.0. The monoisotopic (exact) mass is 387 g/mol. The van der Waals surface area contributed by atoms with E-state index >= 15 is 0 Å². The van der Waals surface area contributed by atoms with Gasteiger partial charge in [-0.15, -0.1) is 11.3 Å². The number of aryl methyl sites for hydroxylation is 1. The quantitative estimate of drug-likeness (QED) is 0.791. The maximum absolute atomic E-state index is 12.6. The van der Waals surface area contributed by atoms with Gasteiger partial charge in [-0.25, -0.2) is 8.42 Å². The molecule has 0 spiro atoms. The number of rotatable bonds is 5. The summed E-state index contributed by atoms with van der Waals surface area (Å²) in [7, 11) is -1.90. The molecule has 0 N–H and O–H groups in total. The van der Waals surface area contributed by atoms with Crippen LogP contribution in [-0.2, 0) is 17.1 Å². The molecule has 0 aliphatic carbocycles. The number of hydrogen-bond donors (Lipinski definition) is 0. The van der Waals surface area contributed by atoms with Crippen LogP contribution < -0.4 is 4.80 Å². The summed E-state index contributed by atoms with van der Waals surface area (Å²) in [6, 6.07) is 4.10. The van der Waals surface area contributed by atoms with Crippen LogP contribution in [0.5, 0.6) is 0 Å². The van der Waals surface area contributed by atoms with E-state index in [1.165, 1.54) is 33.8 Å². The Morgan fingerprint density at radius 1 is 1.33 bits per heavy atom. The fraction of sp³-hybridized carbons (Fsp3) is 0.333. The SMILES string of the molecule is CCN(CC)S(=O)(=O)c1ccc(Cl)c(C(=O)N=c2sccn2C)c1. The number of halogens is 1. The van der Waals surface area contributed by atoms with Gasteiger partial charge in [0.05, 0.1) is 15.5 Å². The summed E-state index contributed by atoms with van der Waals surface area (Å²) in [6.45, 7) is 4.21. The van der Waals surface area contributed by atoms with Crippen LogP contribution in [0.15, 0.2) is 39.7 Å². The molecular weight excluding hydrogens is 370 g/mol. The molecule has 130 valence electrons. The number of hydrogen-bond acceptors (Lipinski definition) is 4. The summed E-state index contributed by atoms with van der Waals surface area (Å²) in [5.41, 5.74) is 0.0679. The van der Waals surface area contributed by atoms with Gasteiger partial charge in [-0.3, -0.25) is 4.79 Å². The summed E-state index contributed by atoms with van der Waals surface area (Å²) < 4.78 is 28.2. The largest absolute Gasteiger partial charge is 0.327 e. The van der Waals surface area contributed by atoms with E-state index in [2.05, 4.69) is 4.99 Å². The van der Waals surface area contributed by atoms with Crippen molar-refractivity contribution in [3.8, 4) is 0 Å². The van der Waals surface area contributed by atoms with Crippen molar-refractivity contribution >= 4 is 38.9 Å². The number of carbonyl (C=O) groups is 1. The van der Waals surface area contributed by atoms with Gasteiger partial charge in [-0.1, -0.05) is 25.4 Å². The van der Waals surface area contributed by atoms with Gasteiger partial charge in [-0.2, -0.15) is 9.30 Å². The van der Waals surface area contributed by atoms with Crippen molar-refractivity contribution in [2.24, 2.45) is 12.0 Å². The predicted molar refractivity (Wildman–Crippen MR) is 94.7 cm³/mol. The first-order valence-electron chi connectivity index (χ1n) is 7.30. The summed E-state index contributed by atoms with van der Waals surface area (Å²) in [5.74, 6) is -0.574. The molecule has 6 nitrogen and oxygen atoms in total. The minimum atomic E-state index is -3.67. The first-order chi connectivity index (χ1) is 11.3. The van der Waals surface area contributed by atoms with Crippen molar-refractivity contribution in [1.29, 1.82) is 0 Å². The van der Waals surface area contributed by atoms with E-state index in [0.29, 0.717) is 17.9 Å². The summed E-state index contributed by atoms with van der Waals surface area (Å²) >= 11 is 7.38. The van der Waals surface area contributed by atoms with Crippen molar-refractivity contribution < 1.29 is 13.2 Å². The van der Waals surface area contributed by atoms with Crippen molar-refractivity contribution in [2.45, 2.75) is 18.7 Å². The third kappa shape index (κ3) is 3.77. The Balaban J connectivity index is 2.50. The highest BCUT2D eigenvalue weighted by atomic mass is 35.5. The van der Waals surface area contributed by atoms with Crippen LogP contribution in [-0.4, -0.2) is 36.3 Å². The molecule has 0 saturated heterocycles. The van der Waals surface area contributed by atoms with Crippen LogP contribution in [0, 0.1) is 0 Å². The first kappa shape index (κ1) is 18.9. The molecule has 0 radical (unpaired) electrons. The molecule has 0 bridgehead atoms. The fourth-order valence-corrected chi connectivity index (χ4v) is 4.53. The Kier molecular flexibility index (Phi) is 5.97. The van der Waals surface area contributed by atoms with Gasteiger partial charge in [0.2, 0.25) is 10.0 Å². The molecule has 1 heterocycles. The van der Waals surface area contributed by atoms with Crippen LogP contribution in [0.25, 0.3) is 0 Å². The molecule has 0 unspecified atom stereocenters. The molecule has 2 rings (SSSR count). The fourth-order valence-electron chi connectivity index (χ4n) is 2.12. The number of sulfonamides is 1. The molecule has 9 heteroatoms. The van der Waals surface area contributed by atoms with E-state index in [1.54, 1.807) is 37.0 Å². The molecule has 1 aromatic heterocycles. The normalized spacial score (nSPS) is 12.8. The third-order valence-corrected chi connectivity index (χ3v) is 6.69. The Hall–Kier alpha value is -1.48. The lowest BCUT2D eigenvalue weighted by molar-refractivity contribution is 0.0998. The summed E-state index contributed by atoms with van der Waals surface area (Å²) in [6.07, 6.45) is 1.78. The summed E-state index contributed by atoms with van der Waals surface area (Å²) in [5, 5.41) is 1.97. The number of carbonyl (C=O) groups excluding carboxylic acids is 1. The van der Waals surface area contributed by atoms with Gasteiger partial charge >= 0.3 is 0 Å². The molecule has 0 aliphatic heterocycles.